The number of benzene rings is 2. The maximum absolute atomic E-state index is 8.19. The monoisotopic (exact) mass is 430 g/mol. The summed E-state index contributed by atoms with van der Waals surface area (Å²) in [6.07, 6.45) is -0.469. The molecule has 0 fully saturated rings. The van der Waals surface area contributed by atoms with Gasteiger partial charge in [0, 0.05) is 20.9 Å². The van der Waals surface area contributed by atoms with Crippen LogP contribution in [0.5, 0.6) is 0 Å². The fraction of sp³-hybridized carbons (Fsp3) is 0.400. The van der Waals surface area contributed by atoms with Crippen LogP contribution in [0.3, 0.4) is 0 Å². The van der Waals surface area contributed by atoms with Gasteiger partial charge >= 0.3 is 0 Å². The minimum absolute atomic E-state index is 0.234. The molecule has 0 aliphatic carbocycles. The van der Waals surface area contributed by atoms with Crippen molar-refractivity contribution < 1.29 is 20.4 Å². The topological polar surface area (TPSA) is 91.6 Å². The van der Waals surface area contributed by atoms with Crippen LogP contribution in [0.15, 0.2) is 58.3 Å². The van der Waals surface area contributed by atoms with Crippen LogP contribution in [0.1, 0.15) is 23.3 Å². The third kappa shape index (κ3) is 8.07. The summed E-state index contributed by atoms with van der Waals surface area (Å²) in [5.41, 5.74) is 2.05. The second-order valence-corrected chi connectivity index (χ2v) is 9.44. The standard InChI is InChI=1S/C20H26O4S3/c21-9-11-25-13-19(23)15-1-5-17(6-2-15)27-18-7-3-16(4-8-18)20(24)14-26-12-10-22/h1-8,19-24H,9-14H2/p+4. The van der Waals surface area contributed by atoms with Crippen molar-refractivity contribution in [3.05, 3.63) is 59.7 Å². The van der Waals surface area contributed by atoms with Crippen LogP contribution in [-0.2, 0) is 0 Å². The molecule has 2 rings (SSSR count). The van der Waals surface area contributed by atoms with Crippen molar-refractivity contribution in [3.8, 4) is 0 Å². The van der Waals surface area contributed by atoms with E-state index in [1.54, 1.807) is 35.3 Å². The minimum Gasteiger partial charge on any atom is -0.445 e. The molecule has 7 heteroatoms. The Hall–Kier alpha value is -0.670. The summed E-state index contributed by atoms with van der Waals surface area (Å²) in [7, 11) is 0. The lowest BCUT2D eigenvalue weighted by molar-refractivity contribution is 0.203. The molecule has 8 N–H and O–H groups in total. The first-order valence-electron chi connectivity index (χ1n) is 8.88. The highest BCUT2D eigenvalue weighted by molar-refractivity contribution is 7.99. The summed E-state index contributed by atoms with van der Waals surface area (Å²) in [6.45, 7) is 0.827. The molecule has 0 amide bonds. The SMILES string of the molecule is [OH2+]CCSCC([OH2+])c1ccc(Sc2ccc(C([OH2+])CSCC[OH2+])cc2)cc1. The van der Waals surface area contributed by atoms with E-state index in [1.165, 1.54) is 0 Å². The van der Waals surface area contributed by atoms with Crippen LogP contribution >= 0.6 is 35.3 Å². The third-order valence-electron chi connectivity index (χ3n) is 3.86. The molecular weight excluding hydrogens is 400 g/mol. The summed E-state index contributed by atoms with van der Waals surface area (Å²) in [5.74, 6) is 3.06. The molecule has 0 aromatic heterocycles. The minimum atomic E-state index is -0.234. The average molecular weight is 431 g/mol. The highest BCUT2D eigenvalue weighted by Gasteiger charge is 2.13. The maximum atomic E-state index is 8.19. The van der Waals surface area contributed by atoms with Gasteiger partial charge < -0.3 is 20.4 Å². The van der Waals surface area contributed by atoms with E-state index in [1.807, 2.05) is 24.3 Å². The molecule has 0 spiro atoms. The van der Waals surface area contributed by atoms with E-state index in [0.717, 1.165) is 43.9 Å². The molecule has 148 valence electrons. The molecule has 0 aliphatic rings. The number of rotatable bonds is 12. The lowest BCUT2D eigenvalue weighted by Crippen LogP contribution is -2.02. The summed E-state index contributed by atoms with van der Waals surface area (Å²) in [4.78, 5) is 2.29. The zero-order valence-corrected chi connectivity index (χ0v) is 17.7. The summed E-state index contributed by atoms with van der Waals surface area (Å²) < 4.78 is 0. The van der Waals surface area contributed by atoms with E-state index in [4.69, 9.17) is 20.4 Å². The Bertz CT molecular complexity index is 592. The van der Waals surface area contributed by atoms with E-state index in [9.17, 15) is 0 Å². The Kier molecular flexibility index (Phi) is 10.7. The molecule has 2 aromatic carbocycles. The first-order chi connectivity index (χ1) is 13.1. The van der Waals surface area contributed by atoms with Gasteiger partial charge in [-0.05, 0) is 48.5 Å². The van der Waals surface area contributed by atoms with Gasteiger partial charge in [0.25, 0.3) is 0 Å². The lowest BCUT2D eigenvalue weighted by atomic mass is 10.1. The molecule has 27 heavy (non-hydrogen) atoms. The molecular formula is C20H30O4S3+4. The van der Waals surface area contributed by atoms with Crippen molar-refractivity contribution in [1.82, 2.24) is 0 Å². The van der Waals surface area contributed by atoms with Crippen molar-refractivity contribution >= 4 is 35.3 Å². The molecule has 2 atom stereocenters. The van der Waals surface area contributed by atoms with E-state index in [2.05, 4.69) is 24.3 Å². The second-order valence-electron chi connectivity index (χ2n) is 6.00. The molecule has 0 radical (unpaired) electrons. The largest absolute Gasteiger partial charge is 0.445 e. The Balaban J connectivity index is 1.87. The second kappa shape index (κ2) is 12.7. The Morgan fingerprint density at radius 1 is 0.630 bits per heavy atom. The van der Waals surface area contributed by atoms with Crippen molar-refractivity contribution in [1.29, 1.82) is 0 Å². The third-order valence-corrected chi connectivity index (χ3v) is 7.00. The van der Waals surface area contributed by atoms with Crippen LogP contribution in [-0.4, -0.2) is 56.7 Å². The number of hydrogen-bond acceptors (Lipinski definition) is 3. The molecule has 0 bridgehead atoms. The van der Waals surface area contributed by atoms with Gasteiger partial charge in [-0.2, -0.15) is 0 Å². The molecule has 0 saturated carbocycles. The predicted molar refractivity (Wildman–Crippen MR) is 121 cm³/mol. The van der Waals surface area contributed by atoms with E-state index in [-0.39, 0.29) is 12.2 Å². The quantitative estimate of drug-likeness (QED) is 0.382. The van der Waals surface area contributed by atoms with Gasteiger partial charge in [0.2, 0.25) is 0 Å². The first-order valence-corrected chi connectivity index (χ1v) is 12.0. The maximum Gasteiger partial charge on any atom is 0.189 e. The van der Waals surface area contributed by atoms with Crippen LogP contribution < -0.4 is 0 Å². The summed E-state index contributed by atoms with van der Waals surface area (Å²) in [5, 5.41) is 30.7. The van der Waals surface area contributed by atoms with Gasteiger partial charge in [0.15, 0.2) is 25.4 Å². The van der Waals surface area contributed by atoms with Crippen molar-refractivity contribution in [2.24, 2.45) is 0 Å². The van der Waals surface area contributed by atoms with Crippen molar-refractivity contribution in [2.75, 3.05) is 36.2 Å². The van der Waals surface area contributed by atoms with Crippen molar-refractivity contribution in [3.63, 3.8) is 0 Å². The van der Waals surface area contributed by atoms with Gasteiger partial charge in [-0.15, -0.1) is 23.5 Å². The fourth-order valence-corrected chi connectivity index (χ4v) is 4.71. The Morgan fingerprint density at radius 2 is 1.00 bits per heavy atom. The van der Waals surface area contributed by atoms with Gasteiger partial charge in [-0.3, -0.25) is 0 Å². The van der Waals surface area contributed by atoms with Crippen LogP contribution in [0.4, 0.5) is 0 Å². The van der Waals surface area contributed by atoms with Gasteiger partial charge in [0.05, 0.1) is 23.0 Å². The van der Waals surface area contributed by atoms with E-state index < -0.39 is 0 Å². The van der Waals surface area contributed by atoms with E-state index >= 15 is 0 Å². The average Bonchev–Trinajstić information content (AvgIpc) is 2.69. The van der Waals surface area contributed by atoms with Crippen LogP contribution in [0.2, 0.25) is 0 Å². The Morgan fingerprint density at radius 3 is 1.33 bits per heavy atom. The molecule has 0 saturated heterocycles. The first kappa shape index (κ1) is 22.6. The predicted octanol–water partition coefficient (Wildman–Crippen LogP) is 2.28. The van der Waals surface area contributed by atoms with Gasteiger partial charge in [-0.1, -0.05) is 11.8 Å². The lowest BCUT2D eigenvalue weighted by Gasteiger charge is -2.09. The molecule has 2 unspecified atom stereocenters. The smallest absolute Gasteiger partial charge is 0.189 e. The number of thioether (sulfide) groups is 2. The van der Waals surface area contributed by atoms with Crippen molar-refractivity contribution in [2.45, 2.75) is 22.0 Å². The number of hydrogen-bond donors (Lipinski definition) is 0. The van der Waals surface area contributed by atoms with Gasteiger partial charge in [-0.25, -0.2) is 0 Å². The Labute approximate surface area is 173 Å². The van der Waals surface area contributed by atoms with Gasteiger partial charge in [0.1, 0.15) is 0 Å². The molecule has 0 aliphatic heterocycles. The highest BCUT2D eigenvalue weighted by atomic mass is 32.2. The zero-order valence-electron chi connectivity index (χ0n) is 15.2. The normalized spacial score (nSPS) is 13.5. The molecule has 2 aromatic rings. The molecule has 4 nitrogen and oxygen atoms in total. The zero-order chi connectivity index (χ0) is 19.5. The fourth-order valence-electron chi connectivity index (χ4n) is 2.41. The summed E-state index contributed by atoms with van der Waals surface area (Å²) in [6, 6.07) is 16.4. The van der Waals surface area contributed by atoms with Crippen LogP contribution in [0.25, 0.3) is 0 Å². The molecule has 0 heterocycles. The highest BCUT2D eigenvalue weighted by Crippen LogP contribution is 2.30. The van der Waals surface area contributed by atoms with Crippen LogP contribution in [0, 0.1) is 0 Å². The summed E-state index contributed by atoms with van der Waals surface area (Å²) >= 11 is 5.02. The van der Waals surface area contributed by atoms with E-state index in [0.29, 0.717) is 13.2 Å².